The molecule has 19 heavy (non-hydrogen) atoms. The largest absolute Gasteiger partial charge is 0.481 e. The van der Waals surface area contributed by atoms with E-state index in [0.717, 1.165) is 0 Å². The van der Waals surface area contributed by atoms with Crippen LogP contribution >= 0.6 is 0 Å². The van der Waals surface area contributed by atoms with Crippen LogP contribution in [0, 0.1) is 5.41 Å². The molecule has 0 unspecified atom stereocenters. The summed E-state index contributed by atoms with van der Waals surface area (Å²) >= 11 is 0. The number of nitrogens with one attached hydrogen (secondary N) is 1. The molecule has 0 aliphatic carbocycles. The minimum Gasteiger partial charge on any atom is -0.481 e. The van der Waals surface area contributed by atoms with Crippen molar-refractivity contribution in [1.29, 1.82) is 0 Å². The molecule has 6 nitrogen and oxygen atoms in total. The highest BCUT2D eigenvalue weighted by Gasteiger charge is 2.28. The number of hydrogen-bond donors (Lipinski definition) is 2. The van der Waals surface area contributed by atoms with Crippen molar-refractivity contribution in [2.75, 3.05) is 6.54 Å². The number of aliphatic carboxylic acids is 1. The summed E-state index contributed by atoms with van der Waals surface area (Å²) in [6, 6.07) is 1.57. The number of carboxylic acids is 1. The van der Waals surface area contributed by atoms with Crippen LogP contribution in [0.15, 0.2) is 10.6 Å². The number of rotatable bonds is 4. The lowest BCUT2D eigenvalue weighted by atomic mass is 9.93. The molecule has 0 aliphatic rings. The van der Waals surface area contributed by atoms with Crippen LogP contribution in [0.3, 0.4) is 0 Å². The van der Waals surface area contributed by atoms with Gasteiger partial charge in [0.2, 0.25) is 0 Å². The molecule has 1 amide bonds. The Labute approximate surface area is 112 Å². The molecule has 0 aromatic carbocycles. The molecular formula is C13H20N2O4. The van der Waals surface area contributed by atoms with E-state index in [1.165, 1.54) is 0 Å². The van der Waals surface area contributed by atoms with E-state index in [1.807, 2.05) is 20.8 Å². The number of carbonyl (C=O) groups is 2. The van der Waals surface area contributed by atoms with Crippen LogP contribution in [0.5, 0.6) is 0 Å². The maximum Gasteiger partial charge on any atom is 0.310 e. The molecule has 0 aliphatic heterocycles. The molecular weight excluding hydrogens is 248 g/mol. The highest BCUT2D eigenvalue weighted by Crippen LogP contribution is 2.22. The molecule has 0 saturated carbocycles. The second-order valence-electron chi connectivity index (χ2n) is 6.20. The summed E-state index contributed by atoms with van der Waals surface area (Å²) < 4.78 is 5.10. The van der Waals surface area contributed by atoms with Crippen LogP contribution in [0.2, 0.25) is 0 Å². The Hall–Kier alpha value is -1.85. The topological polar surface area (TPSA) is 92.4 Å². The van der Waals surface area contributed by atoms with Crippen LogP contribution in [0.4, 0.5) is 0 Å². The highest BCUT2D eigenvalue weighted by atomic mass is 16.5. The van der Waals surface area contributed by atoms with Crippen LogP contribution in [-0.4, -0.2) is 28.7 Å². The van der Waals surface area contributed by atoms with E-state index in [2.05, 4.69) is 10.5 Å². The average molecular weight is 268 g/mol. The first kappa shape index (κ1) is 15.2. The molecule has 0 bridgehead atoms. The fourth-order valence-corrected chi connectivity index (χ4v) is 1.20. The molecule has 1 rings (SSSR count). The monoisotopic (exact) mass is 268 g/mol. The maximum atomic E-state index is 11.8. The molecule has 0 fully saturated rings. The summed E-state index contributed by atoms with van der Waals surface area (Å²) in [5.41, 5.74) is -1.09. The van der Waals surface area contributed by atoms with Crippen LogP contribution < -0.4 is 5.32 Å². The Morgan fingerprint density at radius 3 is 2.32 bits per heavy atom. The predicted octanol–water partition coefficient (Wildman–Crippen LogP) is 1.81. The zero-order chi connectivity index (χ0) is 14.8. The molecule has 0 saturated heterocycles. The van der Waals surface area contributed by atoms with Crippen molar-refractivity contribution in [3.05, 3.63) is 17.5 Å². The molecule has 1 aromatic rings. The van der Waals surface area contributed by atoms with Crippen molar-refractivity contribution < 1.29 is 19.2 Å². The smallest absolute Gasteiger partial charge is 0.310 e. The van der Waals surface area contributed by atoms with Gasteiger partial charge in [-0.25, -0.2) is 0 Å². The predicted molar refractivity (Wildman–Crippen MR) is 69.0 cm³/mol. The van der Waals surface area contributed by atoms with E-state index in [1.54, 1.807) is 19.9 Å². The molecule has 0 atom stereocenters. The van der Waals surface area contributed by atoms with Gasteiger partial charge < -0.3 is 14.9 Å². The number of amides is 1. The zero-order valence-electron chi connectivity index (χ0n) is 11.9. The standard InChI is InChI=1S/C13H20N2O4/c1-12(2,3)9-6-8(15-19-9)10(16)14-7-13(4,5)11(17)18/h6H,7H2,1-5H3,(H,14,16)(H,17,18). The number of hydrogen-bond acceptors (Lipinski definition) is 4. The number of carbonyl (C=O) groups excluding carboxylic acids is 1. The minimum absolute atomic E-state index is 0.0267. The number of nitrogens with zero attached hydrogens (tertiary/aromatic N) is 1. The highest BCUT2D eigenvalue weighted by molar-refractivity contribution is 5.92. The first-order valence-electron chi connectivity index (χ1n) is 6.03. The van der Waals surface area contributed by atoms with Gasteiger partial charge in [-0.3, -0.25) is 9.59 Å². The molecule has 0 radical (unpaired) electrons. The summed E-state index contributed by atoms with van der Waals surface area (Å²) in [4.78, 5) is 22.7. The summed E-state index contributed by atoms with van der Waals surface area (Å²) in [5.74, 6) is -0.799. The third-order valence-electron chi connectivity index (χ3n) is 2.75. The Morgan fingerprint density at radius 1 is 1.32 bits per heavy atom. The molecule has 6 heteroatoms. The van der Waals surface area contributed by atoms with E-state index in [4.69, 9.17) is 9.63 Å². The van der Waals surface area contributed by atoms with Crippen LogP contribution in [0.25, 0.3) is 0 Å². The van der Waals surface area contributed by atoms with Crippen LogP contribution in [0.1, 0.15) is 50.9 Å². The first-order chi connectivity index (χ1) is 8.54. The number of aromatic nitrogens is 1. The van der Waals surface area contributed by atoms with Gasteiger partial charge in [-0.1, -0.05) is 25.9 Å². The van der Waals surface area contributed by atoms with Crippen molar-refractivity contribution >= 4 is 11.9 Å². The van der Waals surface area contributed by atoms with Gasteiger partial charge in [0.25, 0.3) is 5.91 Å². The van der Waals surface area contributed by atoms with Gasteiger partial charge in [-0.05, 0) is 13.8 Å². The van der Waals surface area contributed by atoms with E-state index < -0.39 is 17.3 Å². The third kappa shape index (κ3) is 3.81. The lowest BCUT2D eigenvalue weighted by Gasteiger charge is -2.18. The van der Waals surface area contributed by atoms with Gasteiger partial charge in [0.05, 0.1) is 5.41 Å². The third-order valence-corrected chi connectivity index (χ3v) is 2.75. The van der Waals surface area contributed by atoms with Crippen molar-refractivity contribution in [3.8, 4) is 0 Å². The van der Waals surface area contributed by atoms with Crippen molar-refractivity contribution in [2.24, 2.45) is 5.41 Å². The molecule has 106 valence electrons. The van der Waals surface area contributed by atoms with Gasteiger partial charge in [0.15, 0.2) is 5.69 Å². The lowest BCUT2D eigenvalue weighted by Crippen LogP contribution is -2.39. The molecule has 1 heterocycles. The lowest BCUT2D eigenvalue weighted by molar-refractivity contribution is -0.146. The van der Waals surface area contributed by atoms with E-state index in [9.17, 15) is 9.59 Å². The van der Waals surface area contributed by atoms with Gasteiger partial charge in [0, 0.05) is 18.0 Å². The van der Waals surface area contributed by atoms with Crippen molar-refractivity contribution in [1.82, 2.24) is 10.5 Å². The fraction of sp³-hybridized carbons (Fsp3) is 0.615. The molecule has 1 aromatic heterocycles. The van der Waals surface area contributed by atoms with Crippen molar-refractivity contribution in [3.63, 3.8) is 0 Å². The Bertz CT molecular complexity index is 483. The molecule has 0 spiro atoms. The molecule has 2 N–H and O–H groups in total. The zero-order valence-corrected chi connectivity index (χ0v) is 11.9. The average Bonchev–Trinajstić information content (AvgIpc) is 2.74. The van der Waals surface area contributed by atoms with E-state index in [-0.39, 0.29) is 17.7 Å². The maximum absolute atomic E-state index is 11.8. The summed E-state index contributed by atoms with van der Waals surface area (Å²) in [7, 11) is 0. The van der Waals surface area contributed by atoms with Gasteiger partial charge in [0.1, 0.15) is 5.76 Å². The summed E-state index contributed by atoms with van der Waals surface area (Å²) in [5, 5.41) is 15.2. The van der Waals surface area contributed by atoms with Crippen LogP contribution in [-0.2, 0) is 10.2 Å². The van der Waals surface area contributed by atoms with E-state index in [0.29, 0.717) is 5.76 Å². The van der Waals surface area contributed by atoms with Gasteiger partial charge >= 0.3 is 5.97 Å². The second kappa shape index (κ2) is 5.03. The van der Waals surface area contributed by atoms with Gasteiger partial charge in [-0.15, -0.1) is 0 Å². The normalized spacial score (nSPS) is 12.3. The second-order valence-corrected chi connectivity index (χ2v) is 6.20. The first-order valence-corrected chi connectivity index (χ1v) is 6.03. The van der Waals surface area contributed by atoms with E-state index >= 15 is 0 Å². The SMILES string of the molecule is CC(C)(CNC(=O)c1cc(C(C)(C)C)on1)C(=O)O. The Kier molecular flexibility index (Phi) is 4.03. The summed E-state index contributed by atoms with van der Waals surface area (Å²) in [6.45, 7) is 8.95. The fourth-order valence-electron chi connectivity index (χ4n) is 1.20. The Morgan fingerprint density at radius 2 is 1.89 bits per heavy atom. The Balaban J connectivity index is 2.70. The number of carboxylic acid groups (broad SMARTS) is 1. The van der Waals surface area contributed by atoms with Gasteiger partial charge in [-0.2, -0.15) is 0 Å². The minimum atomic E-state index is -1.02. The quantitative estimate of drug-likeness (QED) is 0.868. The van der Waals surface area contributed by atoms with Crippen molar-refractivity contribution in [2.45, 2.75) is 40.0 Å². The summed E-state index contributed by atoms with van der Waals surface area (Å²) in [6.07, 6.45) is 0.